The highest BCUT2D eigenvalue weighted by molar-refractivity contribution is 5.30. The Morgan fingerprint density at radius 2 is 2.20 bits per heavy atom. The zero-order valence-corrected chi connectivity index (χ0v) is 9.38. The molecule has 2 rings (SSSR count). The number of nitrogens with two attached hydrogens (primary N) is 1. The molecule has 1 aliphatic heterocycles. The maximum Gasteiger partial charge on any atom is 0.220 e. The zero-order chi connectivity index (χ0) is 10.8. The fourth-order valence-corrected chi connectivity index (χ4v) is 2.07. The molecule has 1 saturated heterocycles. The van der Waals surface area contributed by atoms with E-state index < -0.39 is 0 Å². The van der Waals surface area contributed by atoms with Gasteiger partial charge in [0.2, 0.25) is 5.95 Å². The van der Waals surface area contributed by atoms with E-state index in [-0.39, 0.29) is 0 Å². The van der Waals surface area contributed by atoms with E-state index in [0.717, 1.165) is 30.9 Å². The first-order valence-corrected chi connectivity index (χ1v) is 5.47. The molecule has 2 heterocycles. The third-order valence-corrected chi connectivity index (χ3v) is 3.15. The third-order valence-electron chi connectivity index (χ3n) is 3.15. The summed E-state index contributed by atoms with van der Waals surface area (Å²) in [5, 5.41) is 3.37. The van der Waals surface area contributed by atoms with Crippen molar-refractivity contribution in [2.75, 3.05) is 18.8 Å². The van der Waals surface area contributed by atoms with Gasteiger partial charge in [0, 0.05) is 11.4 Å². The Bertz CT molecular complexity index is 356. The van der Waals surface area contributed by atoms with Gasteiger partial charge in [-0.15, -0.1) is 0 Å². The number of nitrogen functional groups attached to an aromatic ring is 1. The van der Waals surface area contributed by atoms with Crippen molar-refractivity contribution in [2.24, 2.45) is 5.92 Å². The average Bonchev–Trinajstić information content (AvgIpc) is 2.66. The van der Waals surface area contributed by atoms with E-state index in [0.29, 0.717) is 11.9 Å². The number of hydrogen-bond donors (Lipinski definition) is 2. The monoisotopic (exact) mass is 206 g/mol. The van der Waals surface area contributed by atoms with Crippen molar-refractivity contribution in [3.8, 4) is 0 Å². The van der Waals surface area contributed by atoms with Crippen LogP contribution in [0.1, 0.15) is 23.4 Å². The number of anilines is 1. The summed E-state index contributed by atoms with van der Waals surface area (Å²) in [4.78, 5) is 8.50. The van der Waals surface area contributed by atoms with Crippen LogP contribution in [-0.2, 0) is 6.42 Å². The van der Waals surface area contributed by atoms with Crippen LogP contribution >= 0.6 is 0 Å². The lowest BCUT2D eigenvalue weighted by Crippen LogP contribution is -2.13. The molecule has 1 fully saturated rings. The van der Waals surface area contributed by atoms with Crippen LogP contribution in [0.4, 0.5) is 5.95 Å². The molecule has 4 nitrogen and oxygen atoms in total. The molecule has 1 aliphatic rings. The summed E-state index contributed by atoms with van der Waals surface area (Å²) >= 11 is 0. The quantitative estimate of drug-likeness (QED) is 0.752. The highest BCUT2D eigenvalue weighted by atomic mass is 15.0. The van der Waals surface area contributed by atoms with Gasteiger partial charge in [-0.3, -0.25) is 0 Å². The molecule has 0 amide bonds. The lowest BCUT2D eigenvalue weighted by atomic mass is 9.99. The SMILES string of the molecule is Cc1nc(N)nc(CC2CCNC2)c1C. The van der Waals surface area contributed by atoms with Crippen LogP contribution in [0.3, 0.4) is 0 Å². The lowest BCUT2D eigenvalue weighted by molar-refractivity contribution is 0.569. The molecular formula is C11H18N4. The molecule has 0 radical (unpaired) electrons. The van der Waals surface area contributed by atoms with Crippen LogP contribution in [-0.4, -0.2) is 23.1 Å². The van der Waals surface area contributed by atoms with Crippen LogP contribution in [0.2, 0.25) is 0 Å². The fraction of sp³-hybridized carbons (Fsp3) is 0.636. The lowest BCUT2D eigenvalue weighted by Gasteiger charge is -2.11. The van der Waals surface area contributed by atoms with Crippen LogP contribution < -0.4 is 11.1 Å². The molecule has 15 heavy (non-hydrogen) atoms. The van der Waals surface area contributed by atoms with Gasteiger partial charge < -0.3 is 11.1 Å². The Labute approximate surface area is 90.3 Å². The first-order valence-electron chi connectivity index (χ1n) is 5.47. The molecule has 0 bridgehead atoms. The van der Waals surface area contributed by atoms with Gasteiger partial charge in [-0.05, 0) is 51.3 Å². The van der Waals surface area contributed by atoms with Crippen LogP contribution in [0.25, 0.3) is 0 Å². The van der Waals surface area contributed by atoms with E-state index in [1.54, 1.807) is 0 Å². The summed E-state index contributed by atoms with van der Waals surface area (Å²) in [6.45, 7) is 6.29. The van der Waals surface area contributed by atoms with Gasteiger partial charge in [-0.2, -0.15) is 0 Å². The number of hydrogen-bond acceptors (Lipinski definition) is 4. The second kappa shape index (κ2) is 4.14. The highest BCUT2D eigenvalue weighted by Gasteiger charge is 2.17. The van der Waals surface area contributed by atoms with E-state index in [9.17, 15) is 0 Å². The van der Waals surface area contributed by atoms with Crippen molar-refractivity contribution in [2.45, 2.75) is 26.7 Å². The van der Waals surface area contributed by atoms with Gasteiger partial charge in [0.1, 0.15) is 0 Å². The standard InChI is InChI=1S/C11H18N4/c1-7-8(2)14-11(12)15-10(7)5-9-3-4-13-6-9/h9,13H,3-6H2,1-2H3,(H2,12,14,15). The van der Waals surface area contributed by atoms with E-state index >= 15 is 0 Å². The number of aryl methyl sites for hydroxylation is 1. The molecular weight excluding hydrogens is 188 g/mol. The number of nitrogens with zero attached hydrogens (tertiary/aromatic N) is 2. The van der Waals surface area contributed by atoms with Gasteiger partial charge in [0.05, 0.1) is 0 Å². The Kier molecular flexibility index (Phi) is 2.86. The Morgan fingerprint density at radius 1 is 1.40 bits per heavy atom. The summed E-state index contributed by atoms with van der Waals surface area (Å²) in [7, 11) is 0. The van der Waals surface area contributed by atoms with Gasteiger partial charge in [0.25, 0.3) is 0 Å². The van der Waals surface area contributed by atoms with Crippen molar-refractivity contribution < 1.29 is 0 Å². The molecule has 0 saturated carbocycles. The average molecular weight is 206 g/mol. The van der Waals surface area contributed by atoms with E-state index in [2.05, 4.69) is 22.2 Å². The van der Waals surface area contributed by atoms with Crippen molar-refractivity contribution in [1.82, 2.24) is 15.3 Å². The van der Waals surface area contributed by atoms with Gasteiger partial charge >= 0.3 is 0 Å². The van der Waals surface area contributed by atoms with Crippen LogP contribution in [0.5, 0.6) is 0 Å². The number of aromatic nitrogens is 2. The first-order chi connectivity index (χ1) is 7.16. The number of nitrogens with one attached hydrogen (secondary N) is 1. The summed E-state index contributed by atoms with van der Waals surface area (Å²) in [6.07, 6.45) is 2.26. The van der Waals surface area contributed by atoms with E-state index in [4.69, 9.17) is 5.73 Å². The Morgan fingerprint density at radius 3 is 2.87 bits per heavy atom. The zero-order valence-electron chi connectivity index (χ0n) is 9.38. The minimum absolute atomic E-state index is 0.402. The Hall–Kier alpha value is -1.16. The van der Waals surface area contributed by atoms with E-state index in [1.165, 1.54) is 12.0 Å². The summed E-state index contributed by atoms with van der Waals surface area (Å²) in [5.41, 5.74) is 8.98. The van der Waals surface area contributed by atoms with Crippen molar-refractivity contribution >= 4 is 5.95 Å². The summed E-state index contributed by atoms with van der Waals surface area (Å²) in [6, 6.07) is 0. The van der Waals surface area contributed by atoms with Gasteiger partial charge in [0.15, 0.2) is 0 Å². The maximum atomic E-state index is 5.66. The van der Waals surface area contributed by atoms with Crippen molar-refractivity contribution in [1.29, 1.82) is 0 Å². The third kappa shape index (κ3) is 2.26. The normalized spacial score (nSPS) is 20.8. The van der Waals surface area contributed by atoms with E-state index in [1.807, 2.05) is 6.92 Å². The second-order valence-corrected chi connectivity index (χ2v) is 4.30. The predicted octanol–water partition coefficient (Wildman–Crippen LogP) is 0.828. The maximum absolute atomic E-state index is 5.66. The van der Waals surface area contributed by atoms with Gasteiger partial charge in [-0.1, -0.05) is 0 Å². The summed E-state index contributed by atoms with van der Waals surface area (Å²) < 4.78 is 0. The largest absolute Gasteiger partial charge is 0.368 e. The van der Waals surface area contributed by atoms with Crippen molar-refractivity contribution in [3.63, 3.8) is 0 Å². The predicted molar refractivity (Wildman–Crippen MR) is 60.6 cm³/mol. The molecule has 0 spiro atoms. The second-order valence-electron chi connectivity index (χ2n) is 4.30. The summed E-state index contributed by atoms with van der Waals surface area (Å²) in [5.74, 6) is 1.11. The topological polar surface area (TPSA) is 63.8 Å². The Balaban J connectivity index is 2.19. The highest BCUT2D eigenvalue weighted by Crippen LogP contribution is 2.18. The fourth-order valence-electron chi connectivity index (χ4n) is 2.07. The molecule has 4 heteroatoms. The molecule has 82 valence electrons. The van der Waals surface area contributed by atoms with Crippen LogP contribution in [0.15, 0.2) is 0 Å². The molecule has 1 atom stereocenters. The molecule has 0 aliphatic carbocycles. The molecule has 0 aromatic carbocycles. The molecule has 1 aromatic heterocycles. The first kappa shape index (κ1) is 10.4. The van der Waals surface area contributed by atoms with Crippen molar-refractivity contribution in [3.05, 3.63) is 17.0 Å². The molecule has 1 aromatic rings. The minimum atomic E-state index is 0.402. The molecule has 1 unspecified atom stereocenters. The minimum Gasteiger partial charge on any atom is -0.368 e. The molecule has 3 N–H and O–H groups in total. The van der Waals surface area contributed by atoms with Gasteiger partial charge in [-0.25, -0.2) is 9.97 Å². The smallest absolute Gasteiger partial charge is 0.220 e. The van der Waals surface area contributed by atoms with Crippen LogP contribution in [0, 0.1) is 19.8 Å². The number of rotatable bonds is 2.